The van der Waals surface area contributed by atoms with Crippen molar-refractivity contribution in [2.75, 3.05) is 13.7 Å². The average Bonchev–Trinajstić information content (AvgIpc) is 2.46. The van der Waals surface area contributed by atoms with Gasteiger partial charge in [-0.15, -0.1) is 0 Å². The molecule has 3 nitrogen and oxygen atoms in total. The van der Waals surface area contributed by atoms with E-state index in [2.05, 4.69) is 21.2 Å². The third-order valence-electron chi connectivity index (χ3n) is 3.03. The summed E-state index contributed by atoms with van der Waals surface area (Å²) in [5, 5.41) is 4.03. The van der Waals surface area contributed by atoms with Crippen LogP contribution in [0.1, 0.15) is 15.9 Å². The number of benzene rings is 2. The van der Waals surface area contributed by atoms with E-state index in [1.807, 2.05) is 18.2 Å². The van der Waals surface area contributed by atoms with Gasteiger partial charge in [0, 0.05) is 21.1 Å². The minimum absolute atomic E-state index is 0.189. The molecule has 0 bridgehead atoms. The number of nitrogens with one attached hydrogen (secondary N) is 1. The molecule has 0 aliphatic heterocycles. The molecule has 0 heterocycles. The van der Waals surface area contributed by atoms with Crippen molar-refractivity contribution in [3.63, 3.8) is 0 Å². The minimum atomic E-state index is -0.189. The fourth-order valence-corrected chi connectivity index (χ4v) is 2.96. The van der Waals surface area contributed by atoms with E-state index >= 15 is 0 Å². The van der Waals surface area contributed by atoms with E-state index in [9.17, 15) is 4.79 Å². The van der Waals surface area contributed by atoms with Gasteiger partial charge in [-0.2, -0.15) is 0 Å². The molecule has 116 valence electrons. The molecule has 0 fully saturated rings. The number of carbonyl (C=O) groups is 1. The second kappa shape index (κ2) is 7.86. The zero-order valence-corrected chi connectivity index (χ0v) is 14.9. The number of halogens is 3. The van der Waals surface area contributed by atoms with Gasteiger partial charge in [-0.1, -0.05) is 39.1 Å². The van der Waals surface area contributed by atoms with Crippen LogP contribution in [-0.2, 0) is 6.42 Å². The van der Waals surface area contributed by atoms with Crippen LogP contribution < -0.4 is 10.1 Å². The largest absolute Gasteiger partial charge is 0.496 e. The fourth-order valence-electron chi connectivity index (χ4n) is 2.03. The number of rotatable bonds is 5. The summed E-state index contributed by atoms with van der Waals surface area (Å²) in [5.41, 5.74) is 1.46. The zero-order valence-electron chi connectivity index (χ0n) is 11.8. The van der Waals surface area contributed by atoms with Crippen LogP contribution in [-0.4, -0.2) is 19.6 Å². The number of hydrogen-bond donors (Lipinski definition) is 1. The molecule has 0 spiro atoms. The summed E-state index contributed by atoms with van der Waals surface area (Å²) in [6.45, 7) is 0.477. The summed E-state index contributed by atoms with van der Waals surface area (Å²) in [6, 6.07) is 10.6. The Morgan fingerprint density at radius 2 is 1.86 bits per heavy atom. The normalized spacial score (nSPS) is 10.4. The molecule has 2 rings (SSSR count). The van der Waals surface area contributed by atoms with Crippen molar-refractivity contribution in [1.29, 1.82) is 0 Å². The van der Waals surface area contributed by atoms with Gasteiger partial charge in [0.15, 0.2) is 0 Å². The number of methoxy groups -OCH3 is 1. The number of ether oxygens (including phenoxy) is 1. The van der Waals surface area contributed by atoms with Crippen molar-refractivity contribution >= 4 is 45.0 Å². The second-order valence-corrected chi connectivity index (χ2v) is 6.42. The molecule has 6 heteroatoms. The van der Waals surface area contributed by atoms with Gasteiger partial charge >= 0.3 is 0 Å². The van der Waals surface area contributed by atoms with Crippen LogP contribution in [0.5, 0.6) is 5.75 Å². The Kier molecular flexibility index (Phi) is 6.12. The molecule has 1 amide bonds. The topological polar surface area (TPSA) is 38.3 Å². The van der Waals surface area contributed by atoms with Gasteiger partial charge < -0.3 is 10.1 Å². The third-order valence-corrected chi connectivity index (χ3v) is 3.96. The number of amides is 1. The molecular formula is C16H14BrCl2NO2. The van der Waals surface area contributed by atoms with E-state index in [-0.39, 0.29) is 5.91 Å². The predicted molar refractivity (Wildman–Crippen MR) is 93.2 cm³/mol. The molecule has 2 aromatic rings. The van der Waals surface area contributed by atoms with Crippen molar-refractivity contribution in [3.8, 4) is 5.75 Å². The Balaban J connectivity index is 2.00. The van der Waals surface area contributed by atoms with Crippen molar-refractivity contribution < 1.29 is 9.53 Å². The maximum atomic E-state index is 12.2. The Morgan fingerprint density at radius 3 is 2.50 bits per heavy atom. The Labute approximate surface area is 147 Å². The minimum Gasteiger partial charge on any atom is -0.496 e. The van der Waals surface area contributed by atoms with Gasteiger partial charge in [0.2, 0.25) is 0 Å². The summed E-state index contributed by atoms with van der Waals surface area (Å²) in [7, 11) is 1.54. The lowest BCUT2D eigenvalue weighted by atomic mass is 10.1. The monoisotopic (exact) mass is 401 g/mol. The van der Waals surface area contributed by atoms with Gasteiger partial charge in [0.1, 0.15) is 5.75 Å². The maximum absolute atomic E-state index is 12.2. The van der Waals surface area contributed by atoms with Gasteiger partial charge in [-0.05, 0) is 48.4 Å². The van der Waals surface area contributed by atoms with Crippen LogP contribution in [0.3, 0.4) is 0 Å². The molecule has 1 N–H and O–H groups in total. The lowest BCUT2D eigenvalue weighted by Crippen LogP contribution is -2.26. The SMILES string of the molecule is COc1ccc(Br)cc1C(=O)NCCc1cc(Cl)cc(Cl)c1. The lowest BCUT2D eigenvalue weighted by molar-refractivity contribution is 0.0951. The van der Waals surface area contributed by atoms with Gasteiger partial charge in [-0.25, -0.2) is 0 Å². The zero-order chi connectivity index (χ0) is 16.1. The molecule has 0 atom stereocenters. The Hall–Kier alpha value is -1.23. The van der Waals surface area contributed by atoms with Crippen LogP contribution >= 0.6 is 39.1 Å². The molecule has 0 unspecified atom stereocenters. The van der Waals surface area contributed by atoms with Gasteiger partial charge in [-0.3, -0.25) is 4.79 Å². The first-order valence-corrected chi connectivity index (χ1v) is 8.11. The first-order chi connectivity index (χ1) is 10.5. The Bertz CT molecular complexity index is 672. The summed E-state index contributed by atoms with van der Waals surface area (Å²) in [6.07, 6.45) is 0.641. The van der Waals surface area contributed by atoms with E-state index in [1.165, 1.54) is 7.11 Å². The molecule has 0 saturated carbocycles. The van der Waals surface area contributed by atoms with Crippen LogP contribution in [0.25, 0.3) is 0 Å². The van der Waals surface area contributed by atoms with Crippen LogP contribution in [0.2, 0.25) is 10.0 Å². The smallest absolute Gasteiger partial charge is 0.255 e. The van der Waals surface area contributed by atoms with Crippen LogP contribution in [0.4, 0.5) is 0 Å². The van der Waals surface area contributed by atoms with Crippen molar-refractivity contribution in [1.82, 2.24) is 5.32 Å². The molecule has 2 aromatic carbocycles. The van der Waals surface area contributed by atoms with Crippen molar-refractivity contribution in [2.45, 2.75) is 6.42 Å². The van der Waals surface area contributed by atoms with E-state index < -0.39 is 0 Å². The predicted octanol–water partition coefficient (Wildman–Crippen LogP) is 4.74. The first-order valence-electron chi connectivity index (χ1n) is 6.56. The fraction of sp³-hybridized carbons (Fsp3) is 0.188. The molecule has 22 heavy (non-hydrogen) atoms. The number of carbonyl (C=O) groups excluding carboxylic acids is 1. The van der Waals surface area contributed by atoms with Crippen LogP contribution in [0.15, 0.2) is 40.9 Å². The maximum Gasteiger partial charge on any atom is 0.255 e. The third kappa shape index (κ3) is 4.63. The second-order valence-electron chi connectivity index (χ2n) is 4.63. The first kappa shape index (κ1) is 17.1. The standard InChI is InChI=1S/C16H14BrCl2NO2/c1-22-15-3-2-11(17)8-14(15)16(21)20-5-4-10-6-12(18)9-13(19)7-10/h2-3,6-9H,4-5H2,1H3,(H,20,21). The van der Waals surface area contributed by atoms with Crippen molar-refractivity contribution in [2.24, 2.45) is 0 Å². The summed E-state index contributed by atoms with van der Waals surface area (Å²) >= 11 is 15.3. The van der Waals surface area contributed by atoms with Gasteiger partial charge in [0.05, 0.1) is 12.7 Å². The molecule has 0 saturated heterocycles. The van der Waals surface area contributed by atoms with Gasteiger partial charge in [0.25, 0.3) is 5.91 Å². The van der Waals surface area contributed by atoms with Crippen molar-refractivity contribution in [3.05, 3.63) is 62.0 Å². The van der Waals surface area contributed by atoms with E-state index in [4.69, 9.17) is 27.9 Å². The summed E-state index contributed by atoms with van der Waals surface area (Å²) in [5.74, 6) is 0.345. The summed E-state index contributed by atoms with van der Waals surface area (Å²) in [4.78, 5) is 12.2. The lowest BCUT2D eigenvalue weighted by Gasteiger charge is -2.10. The molecule has 0 radical (unpaired) electrons. The van der Waals surface area contributed by atoms with E-state index in [0.717, 1.165) is 10.0 Å². The van der Waals surface area contributed by atoms with Crippen LogP contribution in [0, 0.1) is 0 Å². The summed E-state index contributed by atoms with van der Waals surface area (Å²) < 4.78 is 6.02. The number of hydrogen-bond acceptors (Lipinski definition) is 2. The molecule has 0 aliphatic rings. The quantitative estimate of drug-likeness (QED) is 0.784. The highest BCUT2D eigenvalue weighted by atomic mass is 79.9. The Morgan fingerprint density at radius 1 is 1.18 bits per heavy atom. The molecule has 0 aliphatic carbocycles. The highest BCUT2D eigenvalue weighted by molar-refractivity contribution is 9.10. The van der Waals surface area contributed by atoms with E-state index in [0.29, 0.717) is 34.3 Å². The van der Waals surface area contributed by atoms with E-state index in [1.54, 1.807) is 18.2 Å². The molecular weight excluding hydrogens is 389 g/mol. The highest BCUT2D eigenvalue weighted by Crippen LogP contribution is 2.23. The highest BCUT2D eigenvalue weighted by Gasteiger charge is 2.12. The average molecular weight is 403 g/mol. The molecule has 0 aromatic heterocycles.